The van der Waals surface area contributed by atoms with E-state index in [9.17, 15) is 23.9 Å². The van der Waals surface area contributed by atoms with Gasteiger partial charge in [0.2, 0.25) is 0 Å². The zero-order valence-electron chi connectivity index (χ0n) is 9.88. The molecule has 8 heteroatoms. The zero-order chi connectivity index (χ0) is 14.1. The van der Waals surface area contributed by atoms with E-state index in [2.05, 4.69) is 0 Å². The second-order valence-corrected chi connectivity index (χ2v) is 7.15. The Bertz CT molecular complexity index is 370. The van der Waals surface area contributed by atoms with Gasteiger partial charge in [-0.3, -0.25) is 14.2 Å². The van der Waals surface area contributed by atoms with Crippen LogP contribution in [0.4, 0.5) is 0 Å². The van der Waals surface area contributed by atoms with Crippen LogP contribution in [0.25, 0.3) is 0 Å². The molecule has 0 fully saturated rings. The quantitative estimate of drug-likeness (QED) is 0.526. The molecule has 0 saturated carbocycles. The maximum atomic E-state index is 11.3. The molecule has 1 unspecified atom stereocenters. The summed E-state index contributed by atoms with van der Waals surface area (Å²) < 4.78 is 11.3. The van der Waals surface area contributed by atoms with Gasteiger partial charge in [-0.15, -0.1) is 0 Å². The molecule has 0 aliphatic carbocycles. The highest BCUT2D eigenvalue weighted by molar-refractivity contribution is 7.53. The summed E-state index contributed by atoms with van der Waals surface area (Å²) in [5.41, 5.74) is -1.41. The second kappa shape index (κ2) is 4.76. The molecular formula is C9H17O7P. The van der Waals surface area contributed by atoms with E-state index >= 15 is 0 Å². The fourth-order valence-electron chi connectivity index (χ4n) is 1.62. The van der Waals surface area contributed by atoms with E-state index in [0.717, 1.165) is 6.92 Å². The van der Waals surface area contributed by atoms with Crippen LogP contribution in [0.3, 0.4) is 0 Å². The molecule has 0 aromatic rings. The Labute approximate surface area is 98.6 Å². The van der Waals surface area contributed by atoms with Crippen LogP contribution in [0.1, 0.15) is 33.6 Å². The third-order valence-electron chi connectivity index (χ3n) is 2.64. The normalized spacial score (nSPS) is 16.3. The molecule has 0 saturated heterocycles. The fourth-order valence-corrected chi connectivity index (χ4v) is 2.56. The highest BCUT2D eigenvalue weighted by Crippen LogP contribution is 2.57. The van der Waals surface area contributed by atoms with Gasteiger partial charge in [0, 0.05) is 0 Å². The summed E-state index contributed by atoms with van der Waals surface area (Å²) in [5, 5.41) is 15.7. The lowest BCUT2D eigenvalue weighted by atomic mass is 9.82. The van der Waals surface area contributed by atoms with Crippen molar-refractivity contribution in [2.24, 2.45) is 5.41 Å². The minimum absolute atomic E-state index is 0.425. The van der Waals surface area contributed by atoms with E-state index in [4.69, 9.17) is 10.2 Å². The standard InChI is InChI=1S/C9H17O7P/c1-8(2,7(12)13)5-9(3,4-6(10)11)17(14,15)16/h4-5H2,1-3H3,(H,10,11)(H,12,13)(H2,14,15,16). The monoisotopic (exact) mass is 268 g/mol. The Morgan fingerprint density at radius 2 is 1.53 bits per heavy atom. The molecule has 0 aliphatic rings. The van der Waals surface area contributed by atoms with Gasteiger partial charge in [0.25, 0.3) is 0 Å². The summed E-state index contributed by atoms with van der Waals surface area (Å²) in [6, 6.07) is 0. The van der Waals surface area contributed by atoms with Crippen LogP contribution in [-0.2, 0) is 14.2 Å². The van der Waals surface area contributed by atoms with E-state index in [1.54, 1.807) is 0 Å². The van der Waals surface area contributed by atoms with Gasteiger partial charge < -0.3 is 20.0 Å². The van der Waals surface area contributed by atoms with Crippen molar-refractivity contribution in [3.8, 4) is 0 Å². The number of hydrogen-bond donors (Lipinski definition) is 4. The Kier molecular flexibility index (Phi) is 4.50. The van der Waals surface area contributed by atoms with Crippen LogP contribution in [-0.4, -0.2) is 37.1 Å². The molecule has 0 heterocycles. The van der Waals surface area contributed by atoms with E-state index in [-0.39, 0.29) is 0 Å². The average molecular weight is 268 g/mol. The number of rotatable bonds is 6. The van der Waals surface area contributed by atoms with Crippen molar-refractivity contribution in [2.45, 2.75) is 38.8 Å². The van der Waals surface area contributed by atoms with Crippen molar-refractivity contribution in [2.75, 3.05) is 0 Å². The predicted octanol–water partition coefficient (Wildman–Crippen LogP) is 0.898. The molecule has 0 aromatic heterocycles. The molecule has 0 aliphatic heterocycles. The van der Waals surface area contributed by atoms with Crippen molar-refractivity contribution in [3.63, 3.8) is 0 Å². The van der Waals surface area contributed by atoms with Gasteiger partial charge in [-0.2, -0.15) is 0 Å². The molecule has 0 aromatic carbocycles. The van der Waals surface area contributed by atoms with Crippen LogP contribution in [0.2, 0.25) is 0 Å². The number of carbonyl (C=O) groups is 2. The highest BCUT2D eigenvalue weighted by atomic mass is 31.2. The van der Waals surface area contributed by atoms with Crippen molar-refractivity contribution >= 4 is 19.5 Å². The largest absolute Gasteiger partial charge is 0.481 e. The summed E-state index contributed by atoms with van der Waals surface area (Å²) in [7, 11) is -4.72. The topological polar surface area (TPSA) is 132 Å². The third-order valence-corrected chi connectivity index (χ3v) is 4.36. The van der Waals surface area contributed by atoms with Crippen molar-refractivity contribution in [1.29, 1.82) is 0 Å². The van der Waals surface area contributed by atoms with E-state index in [1.807, 2.05) is 0 Å². The lowest BCUT2D eigenvalue weighted by molar-refractivity contribution is -0.148. The Morgan fingerprint density at radius 3 is 1.76 bits per heavy atom. The Morgan fingerprint density at radius 1 is 1.12 bits per heavy atom. The van der Waals surface area contributed by atoms with Gasteiger partial charge in [-0.05, 0) is 27.2 Å². The van der Waals surface area contributed by atoms with Crippen LogP contribution < -0.4 is 0 Å². The summed E-state index contributed by atoms with van der Waals surface area (Å²) in [6.07, 6.45) is -1.21. The lowest BCUT2D eigenvalue weighted by Crippen LogP contribution is -2.37. The maximum absolute atomic E-state index is 11.3. The molecular weight excluding hydrogens is 251 g/mol. The molecule has 0 spiro atoms. The molecule has 0 amide bonds. The van der Waals surface area contributed by atoms with E-state index in [1.165, 1.54) is 13.8 Å². The number of carboxylic acid groups (broad SMARTS) is 2. The second-order valence-electron chi connectivity index (χ2n) is 4.98. The molecule has 1 atom stereocenters. The van der Waals surface area contributed by atoms with Gasteiger partial charge in [-0.1, -0.05) is 0 Å². The van der Waals surface area contributed by atoms with Crippen molar-refractivity contribution in [3.05, 3.63) is 0 Å². The molecule has 4 N–H and O–H groups in total. The predicted molar refractivity (Wildman–Crippen MR) is 58.7 cm³/mol. The van der Waals surface area contributed by atoms with Gasteiger partial charge >= 0.3 is 19.5 Å². The van der Waals surface area contributed by atoms with Crippen LogP contribution in [0, 0.1) is 5.41 Å². The number of aliphatic carboxylic acids is 2. The van der Waals surface area contributed by atoms with E-state index in [0.29, 0.717) is 0 Å². The minimum Gasteiger partial charge on any atom is -0.481 e. The van der Waals surface area contributed by atoms with Crippen LogP contribution >= 0.6 is 7.60 Å². The molecule has 0 radical (unpaired) electrons. The van der Waals surface area contributed by atoms with Crippen LogP contribution in [0.5, 0.6) is 0 Å². The third kappa shape index (κ3) is 4.11. The molecule has 7 nitrogen and oxygen atoms in total. The van der Waals surface area contributed by atoms with Crippen molar-refractivity contribution < 1.29 is 34.2 Å². The van der Waals surface area contributed by atoms with Gasteiger partial charge in [0.1, 0.15) is 0 Å². The first kappa shape index (κ1) is 16.1. The SMILES string of the molecule is CC(C)(CC(C)(CC(=O)O)P(=O)(O)O)C(=O)O. The first-order valence-electron chi connectivity index (χ1n) is 4.83. The van der Waals surface area contributed by atoms with Crippen molar-refractivity contribution in [1.82, 2.24) is 0 Å². The Hall–Kier alpha value is -0.910. The molecule has 100 valence electrons. The van der Waals surface area contributed by atoms with Gasteiger partial charge in [0.05, 0.1) is 17.0 Å². The summed E-state index contributed by atoms with van der Waals surface area (Å²) >= 11 is 0. The number of hydrogen-bond acceptors (Lipinski definition) is 3. The minimum atomic E-state index is -4.72. The smallest absolute Gasteiger partial charge is 0.331 e. The Balaban J connectivity index is 5.31. The first-order valence-corrected chi connectivity index (χ1v) is 6.44. The van der Waals surface area contributed by atoms with Crippen LogP contribution in [0.15, 0.2) is 0 Å². The summed E-state index contributed by atoms with van der Waals surface area (Å²) in [5.74, 6) is -2.61. The highest BCUT2D eigenvalue weighted by Gasteiger charge is 2.49. The summed E-state index contributed by atoms with van der Waals surface area (Å²) in [6.45, 7) is 3.68. The lowest BCUT2D eigenvalue weighted by Gasteiger charge is -2.34. The molecule has 17 heavy (non-hydrogen) atoms. The molecule has 0 rings (SSSR count). The maximum Gasteiger partial charge on any atom is 0.331 e. The van der Waals surface area contributed by atoms with E-state index < -0.39 is 42.9 Å². The first-order chi connectivity index (χ1) is 7.32. The summed E-state index contributed by atoms with van der Waals surface area (Å²) in [4.78, 5) is 39.9. The average Bonchev–Trinajstić information content (AvgIpc) is 1.97. The number of carboxylic acids is 2. The van der Waals surface area contributed by atoms with Gasteiger partial charge in [0.15, 0.2) is 0 Å². The molecule has 0 bridgehead atoms. The zero-order valence-corrected chi connectivity index (χ0v) is 10.8. The van der Waals surface area contributed by atoms with Gasteiger partial charge in [-0.25, -0.2) is 0 Å². The fraction of sp³-hybridized carbons (Fsp3) is 0.778.